The van der Waals surface area contributed by atoms with Gasteiger partial charge >= 0.3 is 0 Å². The van der Waals surface area contributed by atoms with Gasteiger partial charge in [-0.1, -0.05) is 6.92 Å². The molecule has 0 aromatic carbocycles. The SMILES string of the molecule is CCn1ncc(OC)c1C(C)CC(C)Cl. The summed E-state index contributed by atoms with van der Waals surface area (Å²) in [6, 6.07) is 0. The van der Waals surface area contributed by atoms with E-state index in [1.807, 2.05) is 11.6 Å². The lowest BCUT2D eigenvalue weighted by atomic mass is 10.0. The van der Waals surface area contributed by atoms with Crippen LogP contribution in [-0.2, 0) is 6.54 Å². The van der Waals surface area contributed by atoms with Crippen molar-refractivity contribution in [2.75, 3.05) is 7.11 Å². The first kappa shape index (κ1) is 12.4. The molecule has 2 atom stereocenters. The van der Waals surface area contributed by atoms with Crippen molar-refractivity contribution < 1.29 is 4.74 Å². The fraction of sp³-hybridized carbons (Fsp3) is 0.727. The van der Waals surface area contributed by atoms with Gasteiger partial charge in [0.25, 0.3) is 0 Å². The molecule has 1 rings (SSSR count). The number of ether oxygens (including phenoxy) is 1. The number of aryl methyl sites for hydroxylation is 1. The summed E-state index contributed by atoms with van der Waals surface area (Å²) in [6.07, 6.45) is 2.71. The van der Waals surface area contributed by atoms with Gasteiger partial charge in [0.05, 0.1) is 19.0 Å². The van der Waals surface area contributed by atoms with Crippen LogP contribution in [0.1, 0.15) is 38.8 Å². The quantitative estimate of drug-likeness (QED) is 0.727. The molecule has 0 fully saturated rings. The van der Waals surface area contributed by atoms with E-state index < -0.39 is 0 Å². The number of methoxy groups -OCH3 is 1. The molecule has 0 saturated heterocycles. The molecule has 0 aliphatic heterocycles. The number of hydrogen-bond acceptors (Lipinski definition) is 2. The monoisotopic (exact) mass is 230 g/mol. The van der Waals surface area contributed by atoms with Crippen LogP contribution in [0.25, 0.3) is 0 Å². The molecule has 86 valence electrons. The lowest BCUT2D eigenvalue weighted by molar-refractivity contribution is 0.401. The molecule has 0 aliphatic rings. The van der Waals surface area contributed by atoms with Gasteiger partial charge in [-0.25, -0.2) is 0 Å². The van der Waals surface area contributed by atoms with Crippen molar-refractivity contribution in [1.82, 2.24) is 9.78 Å². The second-order valence-electron chi connectivity index (χ2n) is 3.83. The van der Waals surface area contributed by atoms with Crippen LogP contribution in [-0.4, -0.2) is 22.3 Å². The van der Waals surface area contributed by atoms with Crippen LogP contribution in [0.3, 0.4) is 0 Å². The lowest BCUT2D eigenvalue weighted by Gasteiger charge is -2.15. The largest absolute Gasteiger partial charge is 0.493 e. The van der Waals surface area contributed by atoms with E-state index >= 15 is 0 Å². The minimum atomic E-state index is 0.171. The van der Waals surface area contributed by atoms with Gasteiger partial charge in [-0.3, -0.25) is 4.68 Å². The molecule has 1 heterocycles. The summed E-state index contributed by atoms with van der Waals surface area (Å²) in [5, 5.41) is 4.45. The van der Waals surface area contributed by atoms with Gasteiger partial charge in [-0.15, -0.1) is 11.6 Å². The van der Waals surface area contributed by atoms with Crippen LogP contribution in [0.5, 0.6) is 5.75 Å². The van der Waals surface area contributed by atoms with Crippen molar-refractivity contribution in [3.8, 4) is 5.75 Å². The summed E-state index contributed by atoms with van der Waals surface area (Å²) >= 11 is 6.01. The van der Waals surface area contributed by atoms with Gasteiger partial charge in [0.2, 0.25) is 0 Å². The zero-order valence-electron chi connectivity index (χ0n) is 9.83. The number of hydrogen-bond donors (Lipinski definition) is 0. The molecule has 0 amide bonds. The zero-order chi connectivity index (χ0) is 11.4. The fourth-order valence-electron chi connectivity index (χ4n) is 1.88. The average Bonchev–Trinajstić information content (AvgIpc) is 2.58. The molecule has 3 nitrogen and oxygen atoms in total. The number of aromatic nitrogens is 2. The minimum Gasteiger partial charge on any atom is -0.493 e. The van der Waals surface area contributed by atoms with Crippen molar-refractivity contribution >= 4 is 11.6 Å². The summed E-state index contributed by atoms with van der Waals surface area (Å²) in [7, 11) is 1.68. The first-order valence-electron chi connectivity index (χ1n) is 5.33. The Labute approximate surface area is 96.4 Å². The van der Waals surface area contributed by atoms with Crippen LogP contribution >= 0.6 is 11.6 Å². The highest BCUT2D eigenvalue weighted by Gasteiger charge is 2.18. The maximum absolute atomic E-state index is 6.01. The molecule has 4 heteroatoms. The van der Waals surface area contributed by atoms with Crippen LogP contribution in [0.15, 0.2) is 6.20 Å². The maximum atomic E-state index is 6.01. The predicted molar refractivity (Wildman–Crippen MR) is 62.8 cm³/mol. The number of rotatable bonds is 5. The molecule has 0 aliphatic carbocycles. The Balaban J connectivity index is 2.93. The smallest absolute Gasteiger partial charge is 0.160 e. The maximum Gasteiger partial charge on any atom is 0.160 e. The first-order chi connectivity index (χ1) is 7.10. The molecule has 1 aromatic heterocycles. The van der Waals surface area contributed by atoms with Gasteiger partial charge < -0.3 is 4.74 Å². The van der Waals surface area contributed by atoms with Crippen LogP contribution in [0.4, 0.5) is 0 Å². The van der Waals surface area contributed by atoms with Crippen molar-refractivity contribution in [3.63, 3.8) is 0 Å². The minimum absolute atomic E-state index is 0.171. The zero-order valence-corrected chi connectivity index (χ0v) is 10.6. The normalized spacial score (nSPS) is 15.0. The number of nitrogens with zero attached hydrogens (tertiary/aromatic N) is 2. The fourth-order valence-corrected chi connectivity index (χ4v) is 2.15. The van der Waals surface area contributed by atoms with Crippen molar-refractivity contribution in [2.24, 2.45) is 0 Å². The Morgan fingerprint density at radius 2 is 2.20 bits per heavy atom. The molecular weight excluding hydrogens is 212 g/mol. The number of halogens is 1. The van der Waals surface area contributed by atoms with Crippen LogP contribution in [0, 0.1) is 0 Å². The second-order valence-corrected chi connectivity index (χ2v) is 4.58. The topological polar surface area (TPSA) is 27.1 Å². The first-order valence-corrected chi connectivity index (χ1v) is 5.77. The Bertz CT molecular complexity index is 288. The van der Waals surface area contributed by atoms with Gasteiger partial charge in [-0.05, 0) is 20.3 Å². The predicted octanol–water partition coefficient (Wildman–Crippen LogP) is 3.03. The van der Waals surface area contributed by atoms with Crippen molar-refractivity contribution in [2.45, 2.75) is 45.0 Å². The van der Waals surface area contributed by atoms with Crippen molar-refractivity contribution in [1.29, 1.82) is 0 Å². The standard InChI is InChI=1S/C11H19ClN2O/c1-5-14-11(8(2)6-9(3)12)10(15-4)7-13-14/h7-9H,5-6H2,1-4H3. The number of alkyl halides is 1. The van der Waals surface area contributed by atoms with E-state index in [2.05, 4.69) is 18.9 Å². The third-order valence-corrected chi connectivity index (χ3v) is 2.69. The Kier molecular flexibility index (Phi) is 4.45. The highest BCUT2D eigenvalue weighted by molar-refractivity contribution is 6.20. The van der Waals surface area contributed by atoms with E-state index in [9.17, 15) is 0 Å². The summed E-state index contributed by atoms with van der Waals surface area (Å²) in [6.45, 7) is 7.11. The third kappa shape index (κ3) is 2.88. The van der Waals surface area contributed by atoms with Crippen LogP contribution in [0.2, 0.25) is 0 Å². The summed E-state index contributed by atoms with van der Waals surface area (Å²) in [4.78, 5) is 0. The second kappa shape index (κ2) is 5.40. The molecule has 2 unspecified atom stereocenters. The van der Waals surface area contributed by atoms with E-state index in [-0.39, 0.29) is 5.38 Å². The molecular formula is C11H19ClN2O. The highest BCUT2D eigenvalue weighted by Crippen LogP contribution is 2.30. The van der Waals surface area contributed by atoms with E-state index in [0.717, 1.165) is 24.4 Å². The van der Waals surface area contributed by atoms with Gasteiger partial charge in [0.1, 0.15) is 0 Å². The van der Waals surface area contributed by atoms with E-state index in [1.165, 1.54) is 0 Å². The molecule has 0 bridgehead atoms. The Hall–Kier alpha value is -0.700. The molecule has 0 N–H and O–H groups in total. The van der Waals surface area contributed by atoms with E-state index in [0.29, 0.717) is 5.92 Å². The summed E-state index contributed by atoms with van der Waals surface area (Å²) in [5.74, 6) is 1.23. The lowest BCUT2D eigenvalue weighted by Crippen LogP contribution is -2.09. The Morgan fingerprint density at radius 1 is 1.53 bits per heavy atom. The molecule has 0 saturated carbocycles. The van der Waals surface area contributed by atoms with Gasteiger partial charge in [-0.2, -0.15) is 5.10 Å². The van der Waals surface area contributed by atoms with E-state index in [4.69, 9.17) is 16.3 Å². The highest BCUT2D eigenvalue weighted by atomic mass is 35.5. The van der Waals surface area contributed by atoms with Crippen molar-refractivity contribution in [3.05, 3.63) is 11.9 Å². The third-order valence-electron chi connectivity index (χ3n) is 2.51. The molecule has 1 aromatic rings. The molecule has 0 radical (unpaired) electrons. The molecule has 0 spiro atoms. The molecule has 15 heavy (non-hydrogen) atoms. The Morgan fingerprint density at radius 3 is 2.67 bits per heavy atom. The summed E-state index contributed by atoms with van der Waals surface area (Å²) < 4.78 is 7.28. The van der Waals surface area contributed by atoms with Gasteiger partial charge in [0, 0.05) is 17.8 Å². The van der Waals surface area contributed by atoms with Crippen LogP contribution < -0.4 is 4.74 Å². The summed E-state index contributed by atoms with van der Waals surface area (Å²) in [5.41, 5.74) is 1.15. The van der Waals surface area contributed by atoms with Gasteiger partial charge in [0.15, 0.2) is 5.75 Å². The van der Waals surface area contributed by atoms with E-state index in [1.54, 1.807) is 13.3 Å². The average molecular weight is 231 g/mol.